The first kappa shape index (κ1) is 29.9. The second-order valence-electron chi connectivity index (χ2n) is 14.6. The van der Waals surface area contributed by atoms with Crippen LogP contribution in [0.2, 0.25) is 0 Å². The molecule has 10 aromatic rings. The molecule has 246 valence electrons. The fraction of sp³-hybridized carbons (Fsp3) is 0.0612. The molecule has 0 atom stereocenters. The van der Waals surface area contributed by atoms with Crippen molar-refractivity contribution in [1.82, 2.24) is 0 Å². The minimum Gasteiger partial charge on any atom is -0.310 e. The summed E-state index contributed by atoms with van der Waals surface area (Å²) in [7, 11) is 0. The van der Waals surface area contributed by atoms with E-state index in [0.717, 1.165) is 11.4 Å². The van der Waals surface area contributed by atoms with Gasteiger partial charge in [0.25, 0.3) is 0 Å². The standard InChI is InChI=1S/C49H33NS2/c1-49(2)43-13-7-5-11-37(43)38-23-20-36(29-44(38)49)50(35-21-24-46-42(28-35)39-12-6-8-14-45(39)51-46)34-18-15-30(16-19-34)33-17-22-40-41-25-31-9-3-4-10-32(31)26-48(41)52-47(40)27-33/h3-29H,1-2H3. The maximum atomic E-state index is 2.44. The zero-order valence-electron chi connectivity index (χ0n) is 28.9. The Bertz CT molecular complexity index is 3050. The first-order chi connectivity index (χ1) is 25.5. The molecule has 0 radical (unpaired) electrons. The van der Waals surface area contributed by atoms with Crippen molar-refractivity contribution in [1.29, 1.82) is 0 Å². The van der Waals surface area contributed by atoms with Crippen LogP contribution in [0.25, 0.3) is 73.4 Å². The highest BCUT2D eigenvalue weighted by Gasteiger charge is 2.35. The number of hydrogen-bond donors (Lipinski definition) is 0. The highest BCUT2D eigenvalue weighted by molar-refractivity contribution is 7.26. The molecule has 2 aromatic heterocycles. The molecule has 0 fully saturated rings. The Kier molecular flexibility index (Phi) is 6.41. The predicted octanol–water partition coefficient (Wildman–Crippen LogP) is 15.0. The summed E-state index contributed by atoms with van der Waals surface area (Å²) in [5.74, 6) is 0. The smallest absolute Gasteiger partial charge is 0.0468 e. The van der Waals surface area contributed by atoms with E-state index in [0.29, 0.717) is 0 Å². The third-order valence-corrected chi connectivity index (χ3v) is 13.5. The zero-order valence-corrected chi connectivity index (χ0v) is 30.5. The number of anilines is 3. The van der Waals surface area contributed by atoms with Crippen LogP contribution in [0.1, 0.15) is 25.0 Å². The minimum atomic E-state index is -0.0804. The maximum absolute atomic E-state index is 2.44. The summed E-state index contributed by atoms with van der Waals surface area (Å²) in [6.45, 7) is 4.72. The number of benzene rings is 8. The molecule has 0 bridgehead atoms. The van der Waals surface area contributed by atoms with Crippen LogP contribution in [0, 0.1) is 0 Å². The lowest BCUT2D eigenvalue weighted by Crippen LogP contribution is -2.16. The molecule has 0 N–H and O–H groups in total. The van der Waals surface area contributed by atoms with E-state index >= 15 is 0 Å². The first-order valence-corrected chi connectivity index (χ1v) is 19.5. The van der Waals surface area contributed by atoms with Crippen molar-refractivity contribution < 1.29 is 0 Å². The second kappa shape index (κ2) is 11.1. The Labute approximate surface area is 310 Å². The van der Waals surface area contributed by atoms with Gasteiger partial charge >= 0.3 is 0 Å². The molecule has 0 spiro atoms. The largest absolute Gasteiger partial charge is 0.310 e. The molecular formula is C49H33NS2. The molecule has 0 saturated carbocycles. The number of rotatable bonds is 4. The van der Waals surface area contributed by atoms with Crippen LogP contribution in [-0.2, 0) is 5.41 Å². The molecule has 8 aromatic carbocycles. The molecule has 0 amide bonds. The van der Waals surface area contributed by atoms with Gasteiger partial charge in [-0.1, -0.05) is 111 Å². The highest BCUT2D eigenvalue weighted by atomic mass is 32.1. The lowest BCUT2D eigenvalue weighted by atomic mass is 9.82. The van der Waals surface area contributed by atoms with Crippen LogP contribution in [0.5, 0.6) is 0 Å². The van der Waals surface area contributed by atoms with E-state index in [4.69, 9.17) is 0 Å². The van der Waals surface area contributed by atoms with Gasteiger partial charge in [0.05, 0.1) is 0 Å². The van der Waals surface area contributed by atoms with Gasteiger partial charge in [-0.3, -0.25) is 0 Å². The van der Waals surface area contributed by atoms with Crippen molar-refractivity contribution in [3.8, 4) is 22.3 Å². The third-order valence-electron chi connectivity index (χ3n) is 11.2. The van der Waals surface area contributed by atoms with Crippen LogP contribution in [0.4, 0.5) is 17.1 Å². The normalized spacial score (nSPS) is 13.3. The number of fused-ring (bicyclic) bond motifs is 10. The SMILES string of the molecule is CC1(C)c2ccccc2-c2ccc(N(c3ccc(-c4ccc5c(c4)sc4cc6ccccc6cc45)cc3)c3ccc4sc5ccccc5c4c3)cc21. The van der Waals surface area contributed by atoms with Gasteiger partial charge in [-0.15, -0.1) is 22.7 Å². The molecule has 3 heteroatoms. The summed E-state index contributed by atoms with van der Waals surface area (Å²) in [5, 5.41) is 7.88. The van der Waals surface area contributed by atoms with Crippen molar-refractivity contribution in [2.75, 3.05) is 4.90 Å². The molecule has 1 nitrogen and oxygen atoms in total. The van der Waals surface area contributed by atoms with Crippen molar-refractivity contribution in [2.45, 2.75) is 19.3 Å². The molecular weight excluding hydrogens is 667 g/mol. The van der Waals surface area contributed by atoms with Gasteiger partial charge in [0, 0.05) is 62.8 Å². The Balaban J connectivity index is 1.04. The number of thiophene rings is 2. The van der Waals surface area contributed by atoms with Crippen LogP contribution in [-0.4, -0.2) is 0 Å². The molecule has 1 aliphatic rings. The van der Waals surface area contributed by atoms with E-state index < -0.39 is 0 Å². The van der Waals surface area contributed by atoms with Crippen LogP contribution in [0.15, 0.2) is 164 Å². The summed E-state index contributed by atoms with van der Waals surface area (Å²) < 4.78 is 5.31. The Morgan fingerprint density at radius 2 is 0.981 bits per heavy atom. The molecule has 2 heterocycles. The van der Waals surface area contributed by atoms with E-state index in [1.165, 1.54) is 90.2 Å². The Hall–Kier alpha value is -5.74. The van der Waals surface area contributed by atoms with Crippen molar-refractivity contribution in [2.24, 2.45) is 0 Å². The Morgan fingerprint density at radius 3 is 1.87 bits per heavy atom. The van der Waals surface area contributed by atoms with Crippen LogP contribution in [0.3, 0.4) is 0 Å². The van der Waals surface area contributed by atoms with Crippen LogP contribution < -0.4 is 4.90 Å². The zero-order chi connectivity index (χ0) is 34.6. The number of nitrogens with zero attached hydrogens (tertiary/aromatic N) is 1. The quantitative estimate of drug-likeness (QED) is 0.177. The highest BCUT2D eigenvalue weighted by Crippen LogP contribution is 2.51. The summed E-state index contributed by atoms with van der Waals surface area (Å²) in [6.07, 6.45) is 0. The Morgan fingerprint density at radius 1 is 0.385 bits per heavy atom. The van der Waals surface area contributed by atoms with Gasteiger partial charge in [0.15, 0.2) is 0 Å². The second-order valence-corrected chi connectivity index (χ2v) is 16.7. The summed E-state index contributed by atoms with van der Waals surface area (Å²) >= 11 is 3.75. The average molecular weight is 700 g/mol. The van der Waals surface area contributed by atoms with Gasteiger partial charge in [0.1, 0.15) is 0 Å². The first-order valence-electron chi connectivity index (χ1n) is 17.9. The lowest BCUT2D eigenvalue weighted by molar-refractivity contribution is 0.660. The van der Waals surface area contributed by atoms with Gasteiger partial charge in [-0.25, -0.2) is 0 Å². The van der Waals surface area contributed by atoms with E-state index in [-0.39, 0.29) is 5.41 Å². The average Bonchev–Trinajstić information content (AvgIpc) is 3.81. The summed E-state index contributed by atoms with van der Waals surface area (Å²) in [6, 6.07) is 61.2. The monoisotopic (exact) mass is 699 g/mol. The van der Waals surface area contributed by atoms with Gasteiger partial charge in [0.2, 0.25) is 0 Å². The van der Waals surface area contributed by atoms with Gasteiger partial charge < -0.3 is 4.90 Å². The molecule has 0 saturated heterocycles. The third kappa shape index (κ3) is 4.46. The minimum absolute atomic E-state index is 0.0804. The van der Waals surface area contributed by atoms with Crippen molar-refractivity contribution >= 4 is 90.9 Å². The number of hydrogen-bond acceptors (Lipinski definition) is 3. The lowest BCUT2D eigenvalue weighted by Gasteiger charge is -2.28. The van der Waals surface area contributed by atoms with E-state index in [1.807, 2.05) is 22.7 Å². The molecule has 52 heavy (non-hydrogen) atoms. The fourth-order valence-corrected chi connectivity index (χ4v) is 10.8. The summed E-state index contributed by atoms with van der Waals surface area (Å²) in [4.78, 5) is 2.44. The topological polar surface area (TPSA) is 3.24 Å². The van der Waals surface area contributed by atoms with Crippen molar-refractivity contribution in [3.63, 3.8) is 0 Å². The summed E-state index contributed by atoms with van der Waals surface area (Å²) in [5.41, 5.74) is 11.3. The van der Waals surface area contributed by atoms with E-state index in [1.54, 1.807) is 0 Å². The van der Waals surface area contributed by atoms with E-state index in [9.17, 15) is 0 Å². The van der Waals surface area contributed by atoms with Crippen LogP contribution >= 0.6 is 22.7 Å². The van der Waals surface area contributed by atoms with Crippen molar-refractivity contribution in [3.05, 3.63) is 175 Å². The van der Waals surface area contributed by atoms with E-state index in [2.05, 4.69) is 183 Å². The molecule has 0 unspecified atom stereocenters. The molecule has 11 rings (SSSR count). The predicted molar refractivity (Wildman–Crippen MR) is 227 cm³/mol. The molecule has 0 aliphatic heterocycles. The maximum Gasteiger partial charge on any atom is 0.0468 e. The fourth-order valence-electron chi connectivity index (χ4n) is 8.58. The van der Waals surface area contributed by atoms with Gasteiger partial charge in [-0.05, 0) is 111 Å². The van der Waals surface area contributed by atoms with Gasteiger partial charge in [-0.2, -0.15) is 0 Å². The molecule has 1 aliphatic carbocycles.